The van der Waals surface area contributed by atoms with Gasteiger partial charge in [-0.1, -0.05) is 0 Å². The van der Waals surface area contributed by atoms with Crippen LogP contribution >= 0.6 is 27.3 Å². The third-order valence-corrected chi connectivity index (χ3v) is 3.82. The molecule has 1 amide bonds. The maximum atomic E-state index is 11.8. The van der Waals surface area contributed by atoms with Crippen LogP contribution in [0.25, 0.3) is 6.08 Å². The fraction of sp³-hybridized carbons (Fsp3) is 0.0769. The van der Waals surface area contributed by atoms with Gasteiger partial charge in [0, 0.05) is 4.88 Å². The number of carbonyl (C=O) groups is 1. The monoisotopic (exact) mass is 336 g/mol. The number of carbonyl (C=O) groups excluding carboxylic acids is 1. The summed E-state index contributed by atoms with van der Waals surface area (Å²) in [6, 6.07) is 9.10. The lowest BCUT2D eigenvalue weighted by atomic mass is 10.2. The van der Waals surface area contributed by atoms with E-state index >= 15 is 0 Å². The van der Waals surface area contributed by atoms with Crippen molar-refractivity contribution in [2.45, 2.75) is 6.54 Å². The van der Waals surface area contributed by atoms with Gasteiger partial charge >= 0.3 is 0 Å². The molecular weight excluding hydrogens is 328 g/mol. The van der Waals surface area contributed by atoms with Crippen LogP contribution in [0.15, 0.2) is 44.3 Å². The molecule has 0 aliphatic heterocycles. The number of halogens is 1. The second-order valence-corrected chi connectivity index (χ2v) is 6.07. The number of hydrogen-bond acceptors (Lipinski definition) is 4. The summed E-state index contributed by atoms with van der Waals surface area (Å²) >= 11 is 4.79. The molecule has 0 unspecified atom stereocenters. The minimum atomic E-state index is -0.413. The fourth-order valence-corrected chi connectivity index (χ4v) is 2.74. The number of amides is 1. The predicted octanol–water partition coefficient (Wildman–Crippen LogP) is 3.33. The van der Waals surface area contributed by atoms with Gasteiger partial charge in [-0.2, -0.15) is 5.26 Å². The Bertz CT molecular complexity index is 638. The molecule has 96 valence electrons. The fourth-order valence-electron chi connectivity index (χ4n) is 1.37. The van der Waals surface area contributed by atoms with Crippen molar-refractivity contribution in [3.63, 3.8) is 0 Å². The quantitative estimate of drug-likeness (QED) is 0.687. The number of hydrogen-bond donors (Lipinski definition) is 1. The second kappa shape index (κ2) is 6.36. The molecule has 0 bridgehead atoms. The lowest BCUT2D eigenvalue weighted by Gasteiger charge is -2.01. The molecule has 2 aromatic heterocycles. The third-order valence-electron chi connectivity index (χ3n) is 2.25. The summed E-state index contributed by atoms with van der Waals surface area (Å²) in [5, 5.41) is 11.6. The topological polar surface area (TPSA) is 66.0 Å². The van der Waals surface area contributed by atoms with E-state index in [-0.39, 0.29) is 12.1 Å². The lowest BCUT2D eigenvalue weighted by molar-refractivity contribution is -0.117. The van der Waals surface area contributed by atoms with Crippen LogP contribution in [0.4, 0.5) is 0 Å². The SMILES string of the molecule is N#C/C(=C\c1ccc(Br)s1)C(=O)NCc1ccco1. The van der Waals surface area contributed by atoms with Crippen molar-refractivity contribution in [2.75, 3.05) is 0 Å². The summed E-state index contributed by atoms with van der Waals surface area (Å²) < 4.78 is 6.05. The van der Waals surface area contributed by atoms with E-state index in [1.165, 1.54) is 17.6 Å². The van der Waals surface area contributed by atoms with Crippen molar-refractivity contribution in [1.29, 1.82) is 5.26 Å². The van der Waals surface area contributed by atoms with Crippen LogP contribution in [0.5, 0.6) is 0 Å². The lowest BCUT2D eigenvalue weighted by Crippen LogP contribution is -2.23. The van der Waals surface area contributed by atoms with E-state index in [0.717, 1.165) is 8.66 Å². The molecule has 0 saturated carbocycles. The Kier molecular flexibility index (Phi) is 4.55. The van der Waals surface area contributed by atoms with Crippen LogP contribution in [0.3, 0.4) is 0 Å². The van der Waals surface area contributed by atoms with Gasteiger partial charge in [-0.3, -0.25) is 4.79 Å². The zero-order valence-corrected chi connectivity index (χ0v) is 12.1. The average molecular weight is 337 g/mol. The predicted molar refractivity (Wildman–Crippen MR) is 76.2 cm³/mol. The molecule has 2 rings (SSSR count). The summed E-state index contributed by atoms with van der Waals surface area (Å²) in [4.78, 5) is 12.7. The molecule has 0 aromatic carbocycles. The Morgan fingerprint density at radius 1 is 1.53 bits per heavy atom. The minimum Gasteiger partial charge on any atom is -0.467 e. The number of nitriles is 1. The Morgan fingerprint density at radius 3 is 2.95 bits per heavy atom. The summed E-state index contributed by atoms with van der Waals surface area (Å²) in [7, 11) is 0. The van der Waals surface area contributed by atoms with Gasteiger partial charge in [-0.05, 0) is 46.3 Å². The zero-order chi connectivity index (χ0) is 13.7. The van der Waals surface area contributed by atoms with E-state index in [2.05, 4.69) is 21.2 Å². The van der Waals surface area contributed by atoms with Gasteiger partial charge in [0.15, 0.2) is 0 Å². The van der Waals surface area contributed by atoms with E-state index in [9.17, 15) is 4.79 Å². The molecule has 0 radical (unpaired) electrons. The number of nitrogens with one attached hydrogen (secondary N) is 1. The Hall–Kier alpha value is -1.84. The number of furan rings is 1. The van der Waals surface area contributed by atoms with Crippen molar-refractivity contribution >= 4 is 39.2 Å². The van der Waals surface area contributed by atoms with Crippen LogP contribution in [-0.4, -0.2) is 5.91 Å². The maximum Gasteiger partial charge on any atom is 0.262 e. The standard InChI is InChI=1S/C13H9BrN2O2S/c14-12-4-3-11(19-12)6-9(7-15)13(17)16-8-10-2-1-5-18-10/h1-6H,8H2,(H,16,17)/b9-6+. The molecule has 0 spiro atoms. The molecule has 19 heavy (non-hydrogen) atoms. The Morgan fingerprint density at radius 2 is 2.37 bits per heavy atom. The van der Waals surface area contributed by atoms with Crippen LogP contribution in [0.1, 0.15) is 10.6 Å². The molecule has 0 saturated heterocycles. The van der Waals surface area contributed by atoms with Crippen molar-refractivity contribution < 1.29 is 9.21 Å². The highest BCUT2D eigenvalue weighted by atomic mass is 79.9. The molecule has 6 heteroatoms. The molecule has 4 nitrogen and oxygen atoms in total. The zero-order valence-electron chi connectivity index (χ0n) is 9.72. The smallest absolute Gasteiger partial charge is 0.262 e. The molecular formula is C13H9BrN2O2S. The largest absolute Gasteiger partial charge is 0.467 e. The summed E-state index contributed by atoms with van der Waals surface area (Å²) in [6.45, 7) is 0.263. The second-order valence-electron chi connectivity index (χ2n) is 3.57. The summed E-state index contributed by atoms with van der Waals surface area (Å²) in [5.41, 5.74) is 0.0703. The maximum absolute atomic E-state index is 11.8. The number of thiophene rings is 1. The van der Waals surface area contributed by atoms with Crippen molar-refractivity contribution in [3.05, 3.63) is 50.5 Å². The van der Waals surface area contributed by atoms with E-state index in [0.29, 0.717) is 5.76 Å². The molecule has 1 N–H and O–H groups in total. The number of nitrogens with zero attached hydrogens (tertiary/aromatic N) is 1. The van der Waals surface area contributed by atoms with Crippen molar-refractivity contribution in [2.24, 2.45) is 0 Å². The van der Waals surface area contributed by atoms with Crippen LogP contribution in [-0.2, 0) is 11.3 Å². The Balaban J connectivity index is 2.03. The molecule has 0 aliphatic carbocycles. The van der Waals surface area contributed by atoms with E-state index < -0.39 is 5.91 Å². The molecule has 2 aromatic rings. The normalized spacial score (nSPS) is 11.1. The van der Waals surface area contributed by atoms with Gasteiger partial charge in [0.1, 0.15) is 17.4 Å². The van der Waals surface area contributed by atoms with Crippen molar-refractivity contribution in [1.82, 2.24) is 5.32 Å². The first kappa shape index (κ1) is 13.6. The van der Waals surface area contributed by atoms with Crippen molar-refractivity contribution in [3.8, 4) is 6.07 Å². The van der Waals surface area contributed by atoms with Crippen LogP contribution < -0.4 is 5.32 Å². The minimum absolute atomic E-state index is 0.0703. The molecule has 0 aliphatic rings. The first-order valence-corrected chi connectivity index (χ1v) is 6.97. The van der Waals surface area contributed by atoms with Gasteiger partial charge in [-0.25, -0.2) is 0 Å². The number of rotatable bonds is 4. The van der Waals surface area contributed by atoms with Gasteiger partial charge in [0.25, 0.3) is 5.91 Å². The molecule has 2 heterocycles. The van der Waals surface area contributed by atoms with Gasteiger partial charge < -0.3 is 9.73 Å². The van der Waals surface area contributed by atoms with E-state index in [1.54, 1.807) is 18.2 Å². The summed E-state index contributed by atoms with van der Waals surface area (Å²) in [6.07, 6.45) is 3.10. The summed E-state index contributed by atoms with van der Waals surface area (Å²) in [5.74, 6) is 0.230. The third kappa shape index (κ3) is 3.81. The highest BCUT2D eigenvalue weighted by Crippen LogP contribution is 2.24. The first-order chi connectivity index (χ1) is 9.19. The van der Waals surface area contributed by atoms with Gasteiger partial charge in [0.2, 0.25) is 0 Å². The highest BCUT2D eigenvalue weighted by Gasteiger charge is 2.10. The van der Waals surface area contributed by atoms with Crippen LogP contribution in [0.2, 0.25) is 0 Å². The van der Waals surface area contributed by atoms with Crippen LogP contribution in [0, 0.1) is 11.3 Å². The van der Waals surface area contributed by atoms with E-state index in [1.807, 2.05) is 18.2 Å². The Labute approximate surface area is 122 Å². The highest BCUT2D eigenvalue weighted by molar-refractivity contribution is 9.11. The molecule has 0 atom stereocenters. The van der Waals surface area contributed by atoms with Gasteiger partial charge in [-0.15, -0.1) is 11.3 Å². The van der Waals surface area contributed by atoms with E-state index in [4.69, 9.17) is 9.68 Å². The molecule has 0 fully saturated rings. The van der Waals surface area contributed by atoms with Gasteiger partial charge in [0.05, 0.1) is 16.6 Å². The average Bonchev–Trinajstić information content (AvgIpc) is 3.04. The first-order valence-electron chi connectivity index (χ1n) is 5.37.